The summed E-state index contributed by atoms with van der Waals surface area (Å²) in [4.78, 5) is 34.1. The lowest BCUT2D eigenvalue weighted by molar-refractivity contribution is 0.0505. The Bertz CT molecular complexity index is 773. The highest BCUT2D eigenvalue weighted by molar-refractivity contribution is 7.17. The van der Waals surface area contributed by atoms with Crippen LogP contribution in [0.2, 0.25) is 0 Å². The molecule has 0 radical (unpaired) electrons. The van der Waals surface area contributed by atoms with E-state index in [4.69, 9.17) is 4.74 Å². The third kappa shape index (κ3) is 3.87. The number of carbonyl (C=O) groups is 2. The van der Waals surface area contributed by atoms with E-state index in [0.29, 0.717) is 23.1 Å². The van der Waals surface area contributed by atoms with Gasteiger partial charge in [0.2, 0.25) is 0 Å². The molecule has 1 atom stereocenters. The number of esters is 1. The second kappa shape index (κ2) is 7.74. The largest absolute Gasteiger partial charge is 0.462 e. The van der Waals surface area contributed by atoms with E-state index < -0.39 is 0 Å². The van der Waals surface area contributed by atoms with Gasteiger partial charge in [-0.05, 0) is 37.2 Å². The predicted molar refractivity (Wildman–Crippen MR) is 96.1 cm³/mol. The van der Waals surface area contributed by atoms with Gasteiger partial charge in [-0.15, -0.1) is 11.3 Å². The van der Waals surface area contributed by atoms with Crippen LogP contribution in [0.3, 0.4) is 0 Å². The van der Waals surface area contributed by atoms with Crippen molar-refractivity contribution in [1.82, 2.24) is 9.97 Å². The van der Waals surface area contributed by atoms with E-state index in [1.54, 1.807) is 0 Å². The Balaban J connectivity index is 1.92. The highest BCUT2D eigenvalue weighted by atomic mass is 32.1. The summed E-state index contributed by atoms with van der Waals surface area (Å²) in [7, 11) is 0. The number of carbonyl (C=O) groups excluding carboxylic acids is 2. The molecule has 1 amide bonds. The third-order valence-corrected chi connectivity index (χ3v) is 5.35. The number of hydrogen-bond donors (Lipinski definition) is 1. The molecule has 3 rings (SSSR count). The molecule has 0 saturated carbocycles. The van der Waals surface area contributed by atoms with E-state index in [2.05, 4.69) is 22.2 Å². The molecule has 0 bridgehead atoms. The summed E-state index contributed by atoms with van der Waals surface area (Å²) in [5.74, 6) is -0.151. The van der Waals surface area contributed by atoms with Gasteiger partial charge in [0.25, 0.3) is 5.91 Å². The van der Waals surface area contributed by atoms with E-state index in [1.807, 2.05) is 6.92 Å². The molecule has 6 nitrogen and oxygen atoms in total. The van der Waals surface area contributed by atoms with Crippen LogP contribution < -0.4 is 5.32 Å². The minimum absolute atomic E-state index is 0.218. The first-order valence-corrected chi connectivity index (χ1v) is 9.30. The average Bonchev–Trinajstić information content (AvgIpc) is 2.97. The van der Waals surface area contributed by atoms with E-state index in [1.165, 1.54) is 29.9 Å². The standard InChI is InChI=1S/C18H21N3O3S/c1-3-8-24-18(23)15-12-5-4-11(2)9-14(12)25-17(15)21-16(22)13-10-19-6-7-20-13/h6-7,10-11H,3-5,8-9H2,1-2H3,(H,21,22)/t11-/m0/s1. The summed E-state index contributed by atoms with van der Waals surface area (Å²) in [5.41, 5.74) is 1.76. The second-order valence-corrected chi connectivity index (χ2v) is 7.34. The molecule has 2 heterocycles. The van der Waals surface area contributed by atoms with Gasteiger partial charge in [0, 0.05) is 17.3 Å². The van der Waals surface area contributed by atoms with Crippen molar-refractivity contribution in [1.29, 1.82) is 0 Å². The molecule has 2 aromatic rings. The molecule has 2 aromatic heterocycles. The van der Waals surface area contributed by atoms with Gasteiger partial charge >= 0.3 is 5.97 Å². The smallest absolute Gasteiger partial charge is 0.341 e. The Morgan fingerprint density at radius 3 is 2.96 bits per heavy atom. The summed E-state index contributed by atoms with van der Waals surface area (Å²) in [6.45, 7) is 4.53. The van der Waals surface area contributed by atoms with Crippen LogP contribution in [-0.4, -0.2) is 28.5 Å². The van der Waals surface area contributed by atoms with Gasteiger partial charge in [-0.25, -0.2) is 9.78 Å². The number of hydrogen-bond acceptors (Lipinski definition) is 6. The Labute approximate surface area is 150 Å². The molecular weight excluding hydrogens is 338 g/mol. The van der Waals surface area contributed by atoms with Crippen molar-refractivity contribution in [3.63, 3.8) is 0 Å². The molecule has 1 N–H and O–H groups in total. The number of ether oxygens (including phenoxy) is 1. The van der Waals surface area contributed by atoms with Crippen LogP contribution in [0.15, 0.2) is 18.6 Å². The number of nitrogens with one attached hydrogen (secondary N) is 1. The van der Waals surface area contributed by atoms with Crippen LogP contribution >= 0.6 is 11.3 Å². The van der Waals surface area contributed by atoms with Gasteiger partial charge in [0.1, 0.15) is 10.7 Å². The van der Waals surface area contributed by atoms with Crippen LogP contribution in [-0.2, 0) is 17.6 Å². The summed E-state index contributed by atoms with van der Waals surface area (Å²) < 4.78 is 5.34. The van der Waals surface area contributed by atoms with Crippen molar-refractivity contribution in [2.75, 3.05) is 11.9 Å². The molecule has 0 spiro atoms. The van der Waals surface area contributed by atoms with Gasteiger partial charge in [0.15, 0.2) is 0 Å². The molecule has 25 heavy (non-hydrogen) atoms. The fourth-order valence-corrected chi connectivity index (χ4v) is 4.30. The quantitative estimate of drug-likeness (QED) is 0.827. The zero-order chi connectivity index (χ0) is 17.8. The Hall–Kier alpha value is -2.28. The highest BCUT2D eigenvalue weighted by Crippen LogP contribution is 2.40. The van der Waals surface area contributed by atoms with Gasteiger partial charge in [0.05, 0.1) is 18.4 Å². The van der Waals surface area contributed by atoms with Crippen molar-refractivity contribution in [3.8, 4) is 0 Å². The minimum Gasteiger partial charge on any atom is -0.462 e. The first kappa shape index (κ1) is 17.5. The molecule has 132 valence electrons. The molecule has 0 saturated heterocycles. The topological polar surface area (TPSA) is 81.2 Å². The fourth-order valence-electron chi connectivity index (χ4n) is 2.91. The van der Waals surface area contributed by atoms with Crippen LogP contribution in [0, 0.1) is 5.92 Å². The molecule has 0 aliphatic heterocycles. The summed E-state index contributed by atoms with van der Waals surface area (Å²) in [5, 5.41) is 3.38. The monoisotopic (exact) mass is 359 g/mol. The minimum atomic E-state index is -0.371. The molecule has 1 aliphatic rings. The predicted octanol–water partition coefficient (Wildman–Crippen LogP) is 3.48. The lowest BCUT2D eigenvalue weighted by Gasteiger charge is -2.18. The van der Waals surface area contributed by atoms with E-state index in [-0.39, 0.29) is 17.6 Å². The van der Waals surface area contributed by atoms with Crippen molar-refractivity contribution < 1.29 is 14.3 Å². The highest BCUT2D eigenvalue weighted by Gasteiger charge is 2.29. The maximum absolute atomic E-state index is 12.6. The molecule has 0 fully saturated rings. The normalized spacial score (nSPS) is 16.2. The lowest BCUT2D eigenvalue weighted by Crippen LogP contribution is -2.17. The van der Waals surface area contributed by atoms with Gasteiger partial charge < -0.3 is 10.1 Å². The van der Waals surface area contributed by atoms with Crippen LogP contribution in [0.25, 0.3) is 0 Å². The fraction of sp³-hybridized carbons (Fsp3) is 0.444. The number of thiophene rings is 1. The molecule has 0 aromatic carbocycles. The molecule has 7 heteroatoms. The zero-order valence-electron chi connectivity index (χ0n) is 14.4. The molecular formula is C18H21N3O3S. The van der Waals surface area contributed by atoms with Crippen LogP contribution in [0.5, 0.6) is 0 Å². The average molecular weight is 359 g/mol. The van der Waals surface area contributed by atoms with Crippen LogP contribution in [0.4, 0.5) is 5.00 Å². The van der Waals surface area contributed by atoms with Gasteiger partial charge in [-0.1, -0.05) is 13.8 Å². The summed E-state index contributed by atoms with van der Waals surface area (Å²) in [6.07, 6.45) is 7.94. The maximum Gasteiger partial charge on any atom is 0.341 e. The summed E-state index contributed by atoms with van der Waals surface area (Å²) >= 11 is 1.47. The van der Waals surface area contributed by atoms with Gasteiger partial charge in [-0.2, -0.15) is 0 Å². The lowest BCUT2D eigenvalue weighted by atomic mass is 9.88. The molecule has 1 aliphatic carbocycles. The van der Waals surface area contributed by atoms with E-state index in [0.717, 1.165) is 36.1 Å². The Morgan fingerprint density at radius 1 is 1.40 bits per heavy atom. The third-order valence-electron chi connectivity index (χ3n) is 4.18. The Kier molecular flexibility index (Phi) is 5.43. The van der Waals surface area contributed by atoms with Crippen molar-refractivity contribution in [2.24, 2.45) is 5.92 Å². The first-order chi connectivity index (χ1) is 12.1. The Morgan fingerprint density at radius 2 is 2.24 bits per heavy atom. The number of fused-ring (bicyclic) bond motifs is 1. The number of amides is 1. The molecule has 0 unspecified atom stereocenters. The number of aromatic nitrogens is 2. The zero-order valence-corrected chi connectivity index (χ0v) is 15.2. The number of anilines is 1. The van der Waals surface area contributed by atoms with Crippen molar-refractivity contribution in [3.05, 3.63) is 40.3 Å². The van der Waals surface area contributed by atoms with E-state index in [9.17, 15) is 9.59 Å². The van der Waals surface area contributed by atoms with Crippen molar-refractivity contribution in [2.45, 2.75) is 39.5 Å². The van der Waals surface area contributed by atoms with E-state index >= 15 is 0 Å². The summed E-state index contributed by atoms with van der Waals surface area (Å²) in [6, 6.07) is 0. The SMILES string of the molecule is CCCOC(=O)c1c(NC(=O)c2cnccn2)sc2c1CC[C@H](C)C2. The van der Waals surface area contributed by atoms with Crippen LogP contribution in [0.1, 0.15) is 58.0 Å². The second-order valence-electron chi connectivity index (χ2n) is 6.24. The van der Waals surface area contributed by atoms with Gasteiger partial charge in [-0.3, -0.25) is 9.78 Å². The number of nitrogens with zero attached hydrogens (tertiary/aromatic N) is 2. The number of rotatable bonds is 5. The first-order valence-electron chi connectivity index (χ1n) is 8.49. The maximum atomic E-state index is 12.6. The van der Waals surface area contributed by atoms with Crippen molar-refractivity contribution >= 4 is 28.2 Å².